The molecule has 0 fully saturated rings. The monoisotopic (exact) mass is 746 g/mol. The van der Waals surface area contributed by atoms with Gasteiger partial charge in [0.1, 0.15) is 11.6 Å². The van der Waals surface area contributed by atoms with E-state index in [0.29, 0.717) is 5.46 Å². The second-order valence-corrected chi connectivity index (χ2v) is 12.6. The molecule has 0 unspecified atom stereocenters. The summed E-state index contributed by atoms with van der Waals surface area (Å²) in [6.45, 7) is 3.82. The summed E-state index contributed by atoms with van der Waals surface area (Å²) in [5.41, 5.74) is 7.01. The number of hydrogen-bond donors (Lipinski definition) is 2. The normalized spacial score (nSPS) is 10.4. The maximum absolute atomic E-state index is 8.58. The van der Waals surface area contributed by atoms with Gasteiger partial charge in [-0.1, -0.05) is 155 Å². The molecule has 0 saturated carbocycles. The lowest BCUT2D eigenvalue weighted by molar-refractivity contribution is 0.426. The van der Waals surface area contributed by atoms with Gasteiger partial charge in [0.15, 0.2) is 11.6 Å². The molecule has 2 aromatic heterocycles. The van der Waals surface area contributed by atoms with E-state index in [1.807, 2.05) is 108 Å². The van der Waals surface area contributed by atoms with Gasteiger partial charge in [-0.05, 0) is 60.8 Å². The Balaban J connectivity index is 0.000000147. The first-order valence-electron chi connectivity index (χ1n) is 16.7. The van der Waals surface area contributed by atoms with Gasteiger partial charge in [0.2, 0.25) is 0 Å². The third-order valence-electron chi connectivity index (χ3n) is 7.84. The molecule has 0 radical (unpaired) electrons. The lowest BCUT2D eigenvalue weighted by atomic mass is 9.81. The van der Waals surface area contributed by atoms with Crippen LogP contribution in [0.5, 0.6) is 0 Å². The van der Waals surface area contributed by atoms with Gasteiger partial charge >= 0.3 is 7.12 Å². The van der Waals surface area contributed by atoms with E-state index in [2.05, 4.69) is 96.8 Å². The molecule has 6 aromatic carbocycles. The zero-order valence-electron chi connectivity index (χ0n) is 28.7. The van der Waals surface area contributed by atoms with Crippen LogP contribution in [0.1, 0.15) is 11.6 Å². The molecule has 0 aliphatic carbocycles. The number of benzene rings is 6. The van der Waals surface area contributed by atoms with Crippen molar-refractivity contribution in [1.82, 2.24) is 29.5 Å². The Labute approximate surface area is 312 Å². The first-order chi connectivity index (χ1) is 25.4. The summed E-state index contributed by atoms with van der Waals surface area (Å²) in [4.78, 5) is 9.13. The summed E-state index contributed by atoms with van der Waals surface area (Å²) >= 11 is 3.49. The molecule has 8 nitrogen and oxygen atoms in total. The topological polar surface area (TPSA) is 102 Å². The van der Waals surface area contributed by atoms with Crippen molar-refractivity contribution >= 4 is 28.5 Å². The predicted molar refractivity (Wildman–Crippen MR) is 212 cm³/mol. The smallest absolute Gasteiger partial charge is 0.423 e. The van der Waals surface area contributed by atoms with Crippen molar-refractivity contribution in [3.8, 4) is 45.3 Å². The van der Waals surface area contributed by atoms with Crippen LogP contribution in [0.15, 0.2) is 174 Å². The van der Waals surface area contributed by atoms with E-state index in [1.54, 1.807) is 24.3 Å². The van der Waals surface area contributed by atoms with Crippen molar-refractivity contribution in [3.63, 3.8) is 0 Å². The van der Waals surface area contributed by atoms with Gasteiger partial charge < -0.3 is 10.0 Å². The Kier molecular flexibility index (Phi) is 12.0. The van der Waals surface area contributed by atoms with Crippen molar-refractivity contribution in [2.24, 2.45) is 0 Å². The van der Waals surface area contributed by atoms with Crippen LogP contribution in [0.2, 0.25) is 0 Å². The minimum absolute atomic E-state index is 0.525. The zero-order chi connectivity index (χ0) is 36.3. The number of aromatic nitrogens is 6. The minimum Gasteiger partial charge on any atom is -0.423 e. The summed E-state index contributed by atoms with van der Waals surface area (Å²) in [7, 11) is -1.34. The van der Waals surface area contributed by atoms with Gasteiger partial charge in [-0.25, -0.2) is 19.3 Å². The van der Waals surface area contributed by atoms with Crippen LogP contribution in [-0.2, 0) is 0 Å². The molecule has 52 heavy (non-hydrogen) atoms. The summed E-state index contributed by atoms with van der Waals surface area (Å²) in [6, 6.07) is 55.7. The van der Waals surface area contributed by atoms with Gasteiger partial charge in [0.05, 0.1) is 11.4 Å². The summed E-state index contributed by atoms with van der Waals surface area (Å²) in [5.74, 6) is 3.24. The molecule has 0 aliphatic heterocycles. The second kappa shape index (κ2) is 17.3. The first-order valence-corrected chi connectivity index (χ1v) is 17.5. The highest BCUT2D eigenvalue weighted by atomic mass is 79.9. The predicted octanol–water partition coefficient (Wildman–Crippen LogP) is 8.28. The van der Waals surface area contributed by atoms with Gasteiger partial charge in [0, 0.05) is 15.6 Å². The van der Waals surface area contributed by atoms with Crippen LogP contribution in [-0.4, -0.2) is 46.7 Å². The van der Waals surface area contributed by atoms with Crippen LogP contribution < -0.4 is 5.46 Å². The number of hydrogen-bond acceptors (Lipinski definition) is 6. The molecule has 256 valence electrons. The molecule has 10 heteroatoms. The van der Waals surface area contributed by atoms with E-state index >= 15 is 0 Å². The van der Waals surface area contributed by atoms with E-state index in [1.165, 1.54) is 11.1 Å². The number of aryl methyl sites for hydroxylation is 2. The minimum atomic E-state index is -1.34. The lowest BCUT2D eigenvalue weighted by Gasteiger charge is -2.08. The van der Waals surface area contributed by atoms with Crippen molar-refractivity contribution in [1.29, 1.82) is 0 Å². The summed E-state index contributed by atoms with van der Waals surface area (Å²) in [6.07, 6.45) is 0. The third-order valence-corrected chi connectivity index (χ3v) is 8.33. The summed E-state index contributed by atoms with van der Waals surface area (Å²) in [5, 5.41) is 26.2. The second-order valence-electron chi connectivity index (χ2n) is 11.7. The fourth-order valence-corrected chi connectivity index (χ4v) is 5.81. The van der Waals surface area contributed by atoms with Crippen LogP contribution in [0.3, 0.4) is 0 Å². The number of nitrogens with zero attached hydrogens (tertiary/aromatic N) is 6. The quantitative estimate of drug-likeness (QED) is 0.166. The van der Waals surface area contributed by atoms with Crippen LogP contribution in [0, 0.1) is 13.8 Å². The average Bonchev–Trinajstić information content (AvgIpc) is 3.79. The zero-order valence-corrected chi connectivity index (χ0v) is 30.3. The molecule has 2 N–H and O–H groups in total. The molecule has 0 spiro atoms. The van der Waals surface area contributed by atoms with Crippen LogP contribution >= 0.6 is 15.9 Å². The Morgan fingerprint density at radius 2 is 0.865 bits per heavy atom. The SMILES string of the molecule is Cc1nc(-c2ccccc2)n(-c2cccc(-c3ccccc3)c2)n1.Cc1nc(-c2ccccc2)n(-c2cccc(Br)c2)n1.OB(O)c1ccccc1. The Morgan fingerprint density at radius 3 is 1.31 bits per heavy atom. The highest BCUT2D eigenvalue weighted by molar-refractivity contribution is 9.10. The van der Waals surface area contributed by atoms with Crippen LogP contribution in [0.25, 0.3) is 45.3 Å². The number of halogens is 1. The molecule has 8 rings (SSSR count). The van der Waals surface area contributed by atoms with Gasteiger partial charge in [-0.2, -0.15) is 10.2 Å². The van der Waals surface area contributed by atoms with Gasteiger partial charge in [-0.3, -0.25) is 0 Å². The molecule has 0 aliphatic rings. The van der Waals surface area contributed by atoms with E-state index in [4.69, 9.17) is 10.0 Å². The summed E-state index contributed by atoms with van der Waals surface area (Å²) < 4.78 is 4.81. The highest BCUT2D eigenvalue weighted by Gasteiger charge is 2.13. The van der Waals surface area contributed by atoms with Crippen molar-refractivity contribution in [3.05, 3.63) is 186 Å². The molecular formula is C42H36BBrN6O2. The molecule has 8 aromatic rings. The maximum Gasteiger partial charge on any atom is 0.488 e. The van der Waals surface area contributed by atoms with Gasteiger partial charge in [-0.15, -0.1) is 0 Å². The van der Waals surface area contributed by atoms with E-state index < -0.39 is 7.12 Å². The standard InChI is InChI=1S/C21H17N3.C15H12BrN3.C6H7BO2/c1-16-22-21(18-11-6-3-7-12-18)24(23-16)20-14-8-13-19(15-20)17-9-4-2-5-10-17;1-11-17-15(12-6-3-2-4-7-12)19(18-11)14-9-5-8-13(16)10-14;8-7(9)6-4-2-1-3-5-6/h2-15H,1H3;2-10H,1H3;1-5,8-9H. The van der Waals surface area contributed by atoms with E-state index in [9.17, 15) is 0 Å². The van der Waals surface area contributed by atoms with Crippen LogP contribution in [0.4, 0.5) is 0 Å². The highest BCUT2D eigenvalue weighted by Crippen LogP contribution is 2.26. The third kappa shape index (κ3) is 9.24. The fraction of sp³-hybridized carbons (Fsp3) is 0.0476. The lowest BCUT2D eigenvalue weighted by Crippen LogP contribution is -2.29. The molecule has 0 atom stereocenters. The molecular weight excluding hydrogens is 711 g/mol. The molecule has 0 saturated heterocycles. The van der Waals surface area contributed by atoms with Crippen molar-refractivity contribution in [2.45, 2.75) is 13.8 Å². The molecule has 2 heterocycles. The van der Waals surface area contributed by atoms with E-state index in [0.717, 1.165) is 50.3 Å². The van der Waals surface area contributed by atoms with E-state index in [-0.39, 0.29) is 0 Å². The van der Waals surface area contributed by atoms with Crippen molar-refractivity contribution in [2.75, 3.05) is 0 Å². The molecule has 0 bridgehead atoms. The Bertz CT molecular complexity index is 2320. The molecule has 0 amide bonds. The Hall–Kier alpha value is -5.94. The number of rotatable bonds is 6. The first kappa shape index (κ1) is 35.9. The van der Waals surface area contributed by atoms with Gasteiger partial charge in [0.25, 0.3) is 0 Å². The fourth-order valence-electron chi connectivity index (χ4n) is 5.42. The largest absolute Gasteiger partial charge is 0.488 e. The average molecular weight is 748 g/mol. The Morgan fingerprint density at radius 1 is 0.462 bits per heavy atom. The maximum atomic E-state index is 8.58. The van der Waals surface area contributed by atoms with Crippen molar-refractivity contribution < 1.29 is 10.0 Å².